The van der Waals surface area contributed by atoms with E-state index in [1.54, 1.807) is 5.56 Å². The molecule has 1 aliphatic rings. The largest absolute Gasteiger partial charge is 0.377 e. The van der Waals surface area contributed by atoms with E-state index < -0.39 is 0 Å². The van der Waals surface area contributed by atoms with Gasteiger partial charge in [-0.15, -0.1) is 0 Å². The van der Waals surface area contributed by atoms with E-state index in [0.29, 0.717) is 0 Å². The number of ether oxygens (including phenoxy) is 1. The second-order valence-electron chi connectivity index (χ2n) is 9.68. The zero-order valence-electron chi connectivity index (χ0n) is 20.5. The van der Waals surface area contributed by atoms with Gasteiger partial charge in [0.05, 0.1) is 6.61 Å². The van der Waals surface area contributed by atoms with Crippen LogP contribution in [0.15, 0.2) is 60.7 Å². The van der Waals surface area contributed by atoms with Crippen molar-refractivity contribution in [3.05, 3.63) is 82.9 Å². The maximum Gasteiger partial charge on any atom is 0.0716 e. The van der Waals surface area contributed by atoms with Crippen LogP contribution in [-0.4, -0.2) is 6.61 Å². The Morgan fingerprint density at radius 2 is 1.41 bits per heavy atom. The van der Waals surface area contributed by atoms with E-state index in [0.717, 1.165) is 31.5 Å². The number of hydrogen-bond acceptors (Lipinski definition) is 1. The number of hydrogen-bond donors (Lipinski definition) is 0. The zero-order valence-corrected chi connectivity index (χ0v) is 20.5. The predicted molar refractivity (Wildman–Crippen MR) is 138 cm³/mol. The highest BCUT2D eigenvalue weighted by Gasteiger charge is 2.21. The summed E-state index contributed by atoms with van der Waals surface area (Å²) in [5.41, 5.74) is 5.80. The maximum absolute atomic E-state index is 5.62. The van der Waals surface area contributed by atoms with Crippen molar-refractivity contribution in [3.8, 4) is 0 Å². The van der Waals surface area contributed by atoms with E-state index in [1.807, 2.05) is 0 Å². The van der Waals surface area contributed by atoms with E-state index in [9.17, 15) is 0 Å². The van der Waals surface area contributed by atoms with Crippen molar-refractivity contribution >= 4 is 0 Å². The van der Waals surface area contributed by atoms with Gasteiger partial charge in [0.2, 0.25) is 0 Å². The Balaban J connectivity index is 1.33. The summed E-state index contributed by atoms with van der Waals surface area (Å²) in [6.07, 6.45) is 18.7. The molecule has 0 aromatic heterocycles. The highest BCUT2D eigenvalue weighted by atomic mass is 16.5. The monoisotopic (exact) mass is 432 g/mol. The summed E-state index contributed by atoms with van der Waals surface area (Å²) < 4.78 is 5.62. The SMILES string of the molecule is CC=CCC[C@H]1CC[C@H](c2ccc(CCCCc3ccc(COCCC)cc3)cc2)CC1. The second-order valence-corrected chi connectivity index (χ2v) is 9.68. The molecule has 1 fully saturated rings. The molecule has 0 amide bonds. The summed E-state index contributed by atoms with van der Waals surface area (Å²) in [5.74, 6) is 1.74. The standard InChI is InChI=1S/C31H44O/c1-3-5-6-9-27-16-20-30(21-17-27)31-22-18-28(19-23-31)11-8-7-10-26-12-14-29(15-13-26)25-32-24-4-2/h3,5,12-15,18-19,22-23,27,30H,4,6-11,16-17,20-21,24-25H2,1-2H3/t27-,30-. The van der Waals surface area contributed by atoms with Gasteiger partial charge in [-0.25, -0.2) is 0 Å². The van der Waals surface area contributed by atoms with Gasteiger partial charge in [-0.05, 0) is 112 Å². The molecular formula is C31H44O. The third-order valence-corrected chi connectivity index (χ3v) is 7.10. The fraction of sp³-hybridized carbons (Fsp3) is 0.548. The second kappa shape index (κ2) is 14.3. The summed E-state index contributed by atoms with van der Waals surface area (Å²) in [6.45, 7) is 5.87. The summed E-state index contributed by atoms with van der Waals surface area (Å²) in [7, 11) is 0. The van der Waals surface area contributed by atoms with Gasteiger partial charge in [-0.2, -0.15) is 0 Å². The molecule has 0 spiro atoms. The molecule has 0 bridgehead atoms. The molecule has 1 saturated carbocycles. The lowest BCUT2D eigenvalue weighted by Crippen LogP contribution is -2.13. The molecule has 0 N–H and O–H groups in total. The van der Waals surface area contributed by atoms with E-state index in [-0.39, 0.29) is 0 Å². The molecule has 32 heavy (non-hydrogen) atoms. The van der Waals surface area contributed by atoms with E-state index >= 15 is 0 Å². The Bertz CT molecular complexity index is 763. The molecule has 0 saturated heterocycles. The lowest BCUT2D eigenvalue weighted by Gasteiger charge is -2.28. The number of rotatable bonds is 13. The molecular weight excluding hydrogens is 388 g/mol. The summed E-state index contributed by atoms with van der Waals surface area (Å²) in [5, 5.41) is 0. The molecule has 0 heterocycles. The number of benzene rings is 2. The quantitative estimate of drug-likeness (QED) is 0.227. The van der Waals surface area contributed by atoms with Crippen LogP contribution in [0.1, 0.15) is 99.8 Å². The Hall–Kier alpha value is -1.86. The number of allylic oxidation sites excluding steroid dienone is 2. The van der Waals surface area contributed by atoms with Gasteiger partial charge in [0.1, 0.15) is 0 Å². The maximum atomic E-state index is 5.62. The highest BCUT2D eigenvalue weighted by Crippen LogP contribution is 2.37. The van der Waals surface area contributed by atoms with Crippen molar-refractivity contribution in [2.24, 2.45) is 5.92 Å². The van der Waals surface area contributed by atoms with Crippen molar-refractivity contribution in [1.82, 2.24) is 0 Å². The van der Waals surface area contributed by atoms with Gasteiger partial charge in [0.15, 0.2) is 0 Å². The Morgan fingerprint density at radius 1 is 0.812 bits per heavy atom. The summed E-state index contributed by atoms with van der Waals surface area (Å²) >= 11 is 0. The molecule has 0 aliphatic heterocycles. The van der Waals surface area contributed by atoms with E-state index in [1.165, 1.54) is 80.9 Å². The first-order valence-corrected chi connectivity index (χ1v) is 13.1. The molecule has 1 aliphatic carbocycles. The van der Waals surface area contributed by atoms with Crippen molar-refractivity contribution < 1.29 is 4.74 Å². The van der Waals surface area contributed by atoms with Crippen LogP contribution in [0.5, 0.6) is 0 Å². The normalized spacial score (nSPS) is 18.9. The topological polar surface area (TPSA) is 9.23 Å². The minimum absolute atomic E-state index is 0.738. The van der Waals surface area contributed by atoms with E-state index in [4.69, 9.17) is 4.74 Å². The van der Waals surface area contributed by atoms with Crippen LogP contribution in [-0.2, 0) is 24.2 Å². The first-order chi connectivity index (χ1) is 15.8. The minimum Gasteiger partial charge on any atom is -0.377 e. The van der Waals surface area contributed by atoms with Crippen molar-refractivity contribution in [2.75, 3.05) is 6.61 Å². The number of unbranched alkanes of at least 4 members (excludes halogenated alkanes) is 1. The predicted octanol–water partition coefficient (Wildman–Crippen LogP) is 8.81. The van der Waals surface area contributed by atoms with Crippen LogP contribution in [0.4, 0.5) is 0 Å². The minimum atomic E-state index is 0.738. The van der Waals surface area contributed by atoms with Gasteiger partial charge >= 0.3 is 0 Å². The van der Waals surface area contributed by atoms with Crippen molar-refractivity contribution in [3.63, 3.8) is 0 Å². The fourth-order valence-corrected chi connectivity index (χ4v) is 5.03. The smallest absolute Gasteiger partial charge is 0.0716 e. The van der Waals surface area contributed by atoms with Gasteiger partial charge in [0, 0.05) is 6.61 Å². The molecule has 2 aromatic carbocycles. The molecule has 0 atom stereocenters. The van der Waals surface area contributed by atoms with E-state index in [2.05, 4.69) is 74.5 Å². The first-order valence-electron chi connectivity index (χ1n) is 13.1. The van der Waals surface area contributed by atoms with Gasteiger partial charge in [-0.1, -0.05) is 67.6 Å². The first kappa shape index (κ1) is 24.8. The Labute approximate surface area is 197 Å². The molecule has 1 nitrogen and oxygen atoms in total. The van der Waals surface area contributed by atoms with Crippen LogP contribution in [0.25, 0.3) is 0 Å². The molecule has 174 valence electrons. The molecule has 2 aromatic rings. The molecule has 0 unspecified atom stereocenters. The number of aryl methyl sites for hydroxylation is 2. The van der Waals surface area contributed by atoms with Gasteiger partial charge in [-0.3, -0.25) is 0 Å². The van der Waals surface area contributed by atoms with Crippen LogP contribution in [0, 0.1) is 5.92 Å². The average molecular weight is 433 g/mol. The van der Waals surface area contributed by atoms with Gasteiger partial charge < -0.3 is 4.74 Å². The average Bonchev–Trinajstić information content (AvgIpc) is 2.84. The van der Waals surface area contributed by atoms with Crippen molar-refractivity contribution in [1.29, 1.82) is 0 Å². The van der Waals surface area contributed by atoms with Crippen LogP contribution in [0.3, 0.4) is 0 Å². The van der Waals surface area contributed by atoms with Gasteiger partial charge in [0.25, 0.3) is 0 Å². The third kappa shape index (κ3) is 8.58. The lowest BCUT2D eigenvalue weighted by molar-refractivity contribution is 0.121. The fourth-order valence-electron chi connectivity index (χ4n) is 5.03. The highest BCUT2D eigenvalue weighted by molar-refractivity contribution is 5.26. The lowest BCUT2D eigenvalue weighted by atomic mass is 9.77. The summed E-state index contributed by atoms with van der Waals surface area (Å²) in [4.78, 5) is 0. The molecule has 3 rings (SSSR count). The zero-order chi connectivity index (χ0) is 22.4. The molecule has 0 radical (unpaired) electrons. The third-order valence-electron chi connectivity index (χ3n) is 7.10. The van der Waals surface area contributed by atoms with Crippen molar-refractivity contribution in [2.45, 2.75) is 97.0 Å². The van der Waals surface area contributed by atoms with Crippen LogP contribution in [0.2, 0.25) is 0 Å². The molecule has 1 heteroatoms. The van der Waals surface area contributed by atoms with Crippen LogP contribution < -0.4 is 0 Å². The Kier molecular flexibility index (Phi) is 11.1. The Morgan fingerprint density at radius 3 is 2.00 bits per heavy atom. The van der Waals surface area contributed by atoms with Crippen LogP contribution >= 0.6 is 0 Å². The summed E-state index contributed by atoms with van der Waals surface area (Å²) in [6, 6.07) is 18.6.